The van der Waals surface area contributed by atoms with Crippen molar-refractivity contribution in [2.24, 2.45) is 0 Å². The predicted molar refractivity (Wildman–Crippen MR) is 95.0 cm³/mol. The molecule has 0 aromatic heterocycles. The fourth-order valence-electron chi connectivity index (χ4n) is 3.45. The standard InChI is InChI=1S/C21H21F2NO/c1-14(10-15(2)25)24-13-17(19-12-18(22)8-9-20(19)23)11-21(24)16-6-4-3-5-7-16/h3-9,11-12,14,21H,10,13H2,1-2H3/t14?,21-/m0/s1. The van der Waals surface area contributed by atoms with Crippen LogP contribution in [0.2, 0.25) is 0 Å². The summed E-state index contributed by atoms with van der Waals surface area (Å²) in [6.07, 6.45) is 2.40. The van der Waals surface area contributed by atoms with Crippen LogP contribution in [-0.4, -0.2) is 23.3 Å². The number of nitrogens with zero attached hydrogens (tertiary/aromatic N) is 1. The molecule has 1 heterocycles. The number of Topliss-reactive ketones (excluding diaryl/α,β-unsaturated/α-hetero) is 1. The molecule has 0 radical (unpaired) electrons. The second-order valence-corrected chi connectivity index (χ2v) is 6.60. The average molecular weight is 341 g/mol. The van der Waals surface area contributed by atoms with Crippen molar-refractivity contribution in [3.63, 3.8) is 0 Å². The molecule has 0 bridgehead atoms. The van der Waals surface area contributed by atoms with E-state index in [-0.39, 0.29) is 17.9 Å². The van der Waals surface area contributed by atoms with E-state index in [4.69, 9.17) is 0 Å². The highest BCUT2D eigenvalue weighted by Gasteiger charge is 2.31. The van der Waals surface area contributed by atoms with Crippen molar-refractivity contribution in [2.45, 2.75) is 32.4 Å². The van der Waals surface area contributed by atoms with Gasteiger partial charge in [0.15, 0.2) is 0 Å². The van der Waals surface area contributed by atoms with Crippen LogP contribution < -0.4 is 0 Å². The van der Waals surface area contributed by atoms with Gasteiger partial charge in [0, 0.05) is 24.6 Å². The zero-order valence-electron chi connectivity index (χ0n) is 14.4. The first-order valence-electron chi connectivity index (χ1n) is 8.42. The Labute approximate surface area is 146 Å². The molecule has 1 unspecified atom stereocenters. The Morgan fingerprint density at radius 2 is 1.92 bits per heavy atom. The van der Waals surface area contributed by atoms with E-state index in [0.29, 0.717) is 18.5 Å². The maximum absolute atomic E-state index is 14.2. The predicted octanol–water partition coefficient (Wildman–Crippen LogP) is 4.77. The van der Waals surface area contributed by atoms with Crippen molar-refractivity contribution in [3.8, 4) is 0 Å². The molecule has 0 N–H and O–H groups in total. The lowest BCUT2D eigenvalue weighted by molar-refractivity contribution is -0.118. The van der Waals surface area contributed by atoms with E-state index < -0.39 is 11.6 Å². The van der Waals surface area contributed by atoms with E-state index in [1.54, 1.807) is 6.92 Å². The monoisotopic (exact) mass is 341 g/mol. The Bertz CT molecular complexity index is 801. The minimum Gasteiger partial charge on any atom is -0.300 e. The summed E-state index contributed by atoms with van der Waals surface area (Å²) in [7, 11) is 0. The first-order valence-corrected chi connectivity index (χ1v) is 8.42. The Kier molecular flexibility index (Phi) is 5.09. The topological polar surface area (TPSA) is 20.3 Å². The van der Waals surface area contributed by atoms with Crippen LogP contribution in [-0.2, 0) is 4.79 Å². The van der Waals surface area contributed by atoms with Gasteiger partial charge in [-0.05, 0) is 43.2 Å². The molecule has 0 saturated heterocycles. The van der Waals surface area contributed by atoms with Gasteiger partial charge in [0.25, 0.3) is 0 Å². The van der Waals surface area contributed by atoms with Gasteiger partial charge in [-0.25, -0.2) is 8.78 Å². The maximum atomic E-state index is 14.2. The number of benzene rings is 2. The minimum atomic E-state index is -0.455. The zero-order chi connectivity index (χ0) is 18.0. The molecular formula is C21H21F2NO. The number of ketones is 1. The fourth-order valence-corrected chi connectivity index (χ4v) is 3.45. The molecule has 0 saturated carbocycles. The normalized spacial score (nSPS) is 18.9. The van der Waals surface area contributed by atoms with Gasteiger partial charge < -0.3 is 0 Å². The first-order chi connectivity index (χ1) is 12.0. The average Bonchev–Trinajstić information content (AvgIpc) is 3.02. The van der Waals surface area contributed by atoms with Gasteiger partial charge in [-0.1, -0.05) is 36.4 Å². The van der Waals surface area contributed by atoms with Gasteiger partial charge in [0.1, 0.15) is 17.4 Å². The number of hydrogen-bond acceptors (Lipinski definition) is 2. The van der Waals surface area contributed by atoms with Gasteiger partial charge in [0.2, 0.25) is 0 Å². The summed E-state index contributed by atoms with van der Waals surface area (Å²) >= 11 is 0. The summed E-state index contributed by atoms with van der Waals surface area (Å²) in [6.45, 7) is 4.05. The maximum Gasteiger partial charge on any atom is 0.131 e. The van der Waals surface area contributed by atoms with Crippen LogP contribution in [0.15, 0.2) is 54.6 Å². The first kappa shape index (κ1) is 17.5. The van der Waals surface area contributed by atoms with Crippen molar-refractivity contribution in [3.05, 3.63) is 77.4 Å². The van der Waals surface area contributed by atoms with Gasteiger partial charge in [-0.3, -0.25) is 9.69 Å². The van der Waals surface area contributed by atoms with Gasteiger partial charge in [-0.2, -0.15) is 0 Å². The Morgan fingerprint density at radius 1 is 1.20 bits per heavy atom. The van der Waals surface area contributed by atoms with Crippen molar-refractivity contribution in [2.75, 3.05) is 6.54 Å². The van der Waals surface area contributed by atoms with Crippen molar-refractivity contribution in [1.29, 1.82) is 0 Å². The molecule has 0 fully saturated rings. The summed E-state index contributed by atoms with van der Waals surface area (Å²) < 4.78 is 27.8. The summed E-state index contributed by atoms with van der Waals surface area (Å²) in [5, 5.41) is 0. The number of carbonyl (C=O) groups is 1. The third-order valence-corrected chi connectivity index (χ3v) is 4.63. The van der Waals surface area contributed by atoms with Crippen LogP contribution in [0.4, 0.5) is 8.78 Å². The Morgan fingerprint density at radius 3 is 2.60 bits per heavy atom. The lowest BCUT2D eigenvalue weighted by Crippen LogP contribution is -2.34. The molecule has 0 spiro atoms. The third-order valence-electron chi connectivity index (χ3n) is 4.63. The highest BCUT2D eigenvalue weighted by Crippen LogP contribution is 2.37. The second kappa shape index (κ2) is 7.28. The van der Waals surface area contributed by atoms with Crippen LogP contribution in [0.25, 0.3) is 5.57 Å². The van der Waals surface area contributed by atoms with E-state index in [0.717, 1.165) is 23.3 Å². The van der Waals surface area contributed by atoms with E-state index in [9.17, 15) is 13.6 Å². The molecule has 4 heteroatoms. The van der Waals surface area contributed by atoms with Crippen LogP contribution in [0.5, 0.6) is 0 Å². The summed E-state index contributed by atoms with van der Waals surface area (Å²) in [5.74, 6) is -0.769. The molecule has 1 aliphatic heterocycles. The Hall–Kier alpha value is -2.33. The van der Waals surface area contributed by atoms with Crippen molar-refractivity contribution < 1.29 is 13.6 Å². The molecule has 25 heavy (non-hydrogen) atoms. The smallest absolute Gasteiger partial charge is 0.131 e. The van der Waals surface area contributed by atoms with E-state index in [2.05, 4.69) is 4.90 Å². The molecule has 2 atom stereocenters. The molecule has 2 aromatic carbocycles. The number of halogens is 2. The molecule has 2 aromatic rings. The molecular weight excluding hydrogens is 320 g/mol. The van der Waals surface area contributed by atoms with Gasteiger partial charge in [0.05, 0.1) is 6.04 Å². The lowest BCUT2D eigenvalue weighted by Gasteiger charge is -2.30. The van der Waals surface area contributed by atoms with Crippen LogP contribution in [0.1, 0.15) is 37.4 Å². The second-order valence-electron chi connectivity index (χ2n) is 6.60. The van der Waals surface area contributed by atoms with Crippen molar-refractivity contribution in [1.82, 2.24) is 4.90 Å². The summed E-state index contributed by atoms with van der Waals surface area (Å²) in [6, 6.07) is 13.3. The van der Waals surface area contributed by atoms with Gasteiger partial charge in [-0.15, -0.1) is 0 Å². The summed E-state index contributed by atoms with van der Waals surface area (Å²) in [5.41, 5.74) is 2.12. The number of rotatable bonds is 5. The van der Waals surface area contributed by atoms with E-state index in [1.807, 2.05) is 43.3 Å². The molecule has 0 amide bonds. The van der Waals surface area contributed by atoms with Crippen molar-refractivity contribution >= 4 is 11.4 Å². The van der Waals surface area contributed by atoms with Crippen LogP contribution >= 0.6 is 0 Å². The molecule has 2 nitrogen and oxygen atoms in total. The Balaban J connectivity index is 1.98. The molecule has 0 aliphatic carbocycles. The highest BCUT2D eigenvalue weighted by molar-refractivity contribution is 5.76. The lowest BCUT2D eigenvalue weighted by atomic mass is 10.0. The molecule has 3 rings (SSSR count). The van der Waals surface area contributed by atoms with E-state index in [1.165, 1.54) is 6.07 Å². The molecule has 130 valence electrons. The quantitative estimate of drug-likeness (QED) is 0.780. The SMILES string of the molecule is CC(=O)CC(C)N1CC(c2cc(F)ccc2F)=C[C@H]1c1ccccc1. The number of carbonyl (C=O) groups excluding carboxylic acids is 1. The van der Waals surface area contributed by atoms with Crippen LogP contribution in [0.3, 0.4) is 0 Å². The largest absolute Gasteiger partial charge is 0.300 e. The van der Waals surface area contributed by atoms with Gasteiger partial charge >= 0.3 is 0 Å². The third kappa shape index (κ3) is 3.85. The van der Waals surface area contributed by atoms with E-state index >= 15 is 0 Å². The highest BCUT2D eigenvalue weighted by atomic mass is 19.1. The summed E-state index contributed by atoms with van der Waals surface area (Å²) in [4.78, 5) is 13.7. The number of hydrogen-bond donors (Lipinski definition) is 0. The fraction of sp³-hybridized carbons (Fsp3) is 0.286. The zero-order valence-corrected chi connectivity index (χ0v) is 14.4. The minimum absolute atomic E-state index is 0.00748. The van der Waals surface area contributed by atoms with Crippen LogP contribution in [0, 0.1) is 11.6 Å². The molecule has 1 aliphatic rings.